The Morgan fingerprint density at radius 2 is 1.81 bits per heavy atom. The highest BCUT2D eigenvalue weighted by Gasteiger charge is 2.14. The zero-order chi connectivity index (χ0) is 14.8. The molecule has 0 amide bonds. The Kier molecular flexibility index (Phi) is 3.41. The molecular weight excluding hydrogens is 268 g/mol. The smallest absolute Gasteiger partial charge is 0.274 e. The maximum absolute atomic E-state index is 11.1. The summed E-state index contributed by atoms with van der Waals surface area (Å²) in [7, 11) is 0. The van der Waals surface area contributed by atoms with Crippen molar-refractivity contribution in [2.45, 2.75) is 13.2 Å². The first-order valence-corrected chi connectivity index (χ1v) is 6.60. The highest BCUT2D eigenvalue weighted by molar-refractivity contribution is 5.83. The Balaban J connectivity index is 2.09. The SMILES string of the molecule is O=[N+]([O-])c1ccccc1Cn1ccc2cccc(CO)c21. The molecule has 0 aliphatic carbocycles. The summed E-state index contributed by atoms with van der Waals surface area (Å²) >= 11 is 0. The summed E-state index contributed by atoms with van der Waals surface area (Å²) in [6, 6.07) is 14.4. The predicted octanol–water partition coefficient (Wildman–Crippen LogP) is 3.09. The molecule has 5 heteroatoms. The lowest BCUT2D eigenvalue weighted by molar-refractivity contribution is -0.385. The standard InChI is InChI=1S/C16H14N2O3/c19-11-14-6-3-5-12-8-9-17(16(12)14)10-13-4-1-2-7-15(13)18(20)21/h1-9,19H,10-11H2. The van der Waals surface area contributed by atoms with Crippen LogP contribution in [-0.4, -0.2) is 14.6 Å². The fourth-order valence-electron chi connectivity index (χ4n) is 2.61. The highest BCUT2D eigenvalue weighted by atomic mass is 16.6. The van der Waals surface area contributed by atoms with E-state index in [1.54, 1.807) is 18.2 Å². The van der Waals surface area contributed by atoms with E-state index in [4.69, 9.17) is 0 Å². The van der Waals surface area contributed by atoms with E-state index in [-0.39, 0.29) is 17.2 Å². The number of hydrogen-bond acceptors (Lipinski definition) is 3. The van der Waals surface area contributed by atoms with Gasteiger partial charge in [0, 0.05) is 23.4 Å². The molecule has 1 heterocycles. The van der Waals surface area contributed by atoms with Crippen molar-refractivity contribution in [2.24, 2.45) is 0 Å². The van der Waals surface area contributed by atoms with Gasteiger partial charge < -0.3 is 9.67 Å². The van der Waals surface area contributed by atoms with Crippen molar-refractivity contribution in [2.75, 3.05) is 0 Å². The molecule has 0 spiro atoms. The van der Waals surface area contributed by atoms with E-state index < -0.39 is 0 Å². The minimum Gasteiger partial charge on any atom is -0.392 e. The van der Waals surface area contributed by atoms with Crippen LogP contribution in [0.1, 0.15) is 11.1 Å². The fraction of sp³-hybridized carbons (Fsp3) is 0.125. The number of aromatic nitrogens is 1. The van der Waals surface area contributed by atoms with Crippen LogP contribution >= 0.6 is 0 Å². The van der Waals surface area contributed by atoms with Crippen molar-refractivity contribution in [3.8, 4) is 0 Å². The van der Waals surface area contributed by atoms with Gasteiger partial charge in [0.05, 0.1) is 23.6 Å². The minimum absolute atomic E-state index is 0.0573. The fourth-order valence-corrected chi connectivity index (χ4v) is 2.61. The lowest BCUT2D eigenvalue weighted by Gasteiger charge is -2.09. The molecule has 0 fully saturated rings. The van der Waals surface area contributed by atoms with Crippen LogP contribution in [0.15, 0.2) is 54.7 Å². The maximum Gasteiger partial charge on any atom is 0.274 e. The highest BCUT2D eigenvalue weighted by Crippen LogP contribution is 2.24. The van der Waals surface area contributed by atoms with E-state index in [1.807, 2.05) is 35.0 Å². The van der Waals surface area contributed by atoms with Gasteiger partial charge in [-0.15, -0.1) is 0 Å². The second kappa shape index (κ2) is 5.38. The van der Waals surface area contributed by atoms with Crippen molar-refractivity contribution < 1.29 is 10.0 Å². The number of para-hydroxylation sites is 2. The Bertz CT molecular complexity index is 808. The number of hydrogen-bond donors (Lipinski definition) is 1. The molecule has 3 aromatic rings. The van der Waals surface area contributed by atoms with Gasteiger partial charge in [-0.3, -0.25) is 10.1 Å². The van der Waals surface area contributed by atoms with E-state index >= 15 is 0 Å². The van der Waals surface area contributed by atoms with Crippen molar-refractivity contribution in [1.82, 2.24) is 4.57 Å². The van der Waals surface area contributed by atoms with Gasteiger partial charge in [-0.05, 0) is 11.5 Å². The second-order valence-corrected chi connectivity index (χ2v) is 4.84. The average Bonchev–Trinajstić information content (AvgIpc) is 2.91. The Labute approximate surface area is 121 Å². The third-order valence-corrected chi connectivity index (χ3v) is 3.57. The van der Waals surface area contributed by atoms with Gasteiger partial charge in [-0.1, -0.05) is 36.4 Å². The van der Waals surface area contributed by atoms with Crippen LogP contribution in [0, 0.1) is 10.1 Å². The average molecular weight is 282 g/mol. The van der Waals surface area contributed by atoms with Gasteiger partial charge in [0.2, 0.25) is 0 Å². The zero-order valence-electron chi connectivity index (χ0n) is 11.3. The first kappa shape index (κ1) is 13.3. The molecule has 0 bridgehead atoms. The number of nitrogens with zero attached hydrogens (tertiary/aromatic N) is 2. The van der Waals surface area contributed by atoms with Crippen molar-refractivity contribution in [3.05, 3.63) is 76.0 Å². The molecule has 21 heavy (non-hydrogen) atoms. The molecule has 2 aromatic carbocycles. The Morgan fingerprint density at radius 3 is 2.57 bits per heavy atom. The van der Waals surface area contributed by atoms with E-state index in [1.165, 1.54) is 6.07 Å². The van der Waals surface area contributed by atoms with Crippen LogP contribution in [0.4, 0.5) is 5.69 Å². The third-order valence-electron chi connectivity index (χ3n) is 3.57. The minimum atomic E-state index is -0.367. The molecule has 0 aliphatic rings. The van der Waals surface area contributed by atoms with Crippen LogP contribution < -0.4 is 0 Å². The molecule has 106 valence electrons. The third kappa shape index (κ3) is 2.39. The van der Waals surface area contributed by atoms with Gasteiger partial charge in [0.1, 0.15) is 0 Å². The summed E-state index contributed by atoms with van der Waals surface area (Å²) in [6.07, 6.45) is 1.89. The number of nitro groups is 1. The topological polar surface area (TPSA) is 68.3 Å². The van der Waals surface area contributed by atoms with E-state index in [2.05, 4.69) is 0 Å². The molecule has 0 unspecified atom stereocenters. The summed E-state index contributed by atoms with van der Waals surface area (Å²) < 4.78 is 1.93. The molecule has 0 saturated carbocycles. The van der Waals surface area contributed by atoms with Crippen LogP contribution in [0.2, 0.25) is 0 Å². The summed E-state index contributed by atoms with van der Waals surface area (Å²) in [5, 5.41) is 21.6. The lowest BCUT2D eigenvalue weighted by Crippen LogP contribution is -2.03. The molecule has 0 radical (unpaired) electrons. The monoisotopic (exact) mass is 282 g/mol. The molecule has 3 rings (SSSR count). The molecule has 1 aromatic heterocycles. The lowest BCUT2D eigenvalue weighted by atomic mass is 10.1. The number of rotatable bonds is 4. The van der Waals surface area contributed by atoms with Crippen LogP contribution in [0.3, 0.4) is 0 Å². The zero-order valence-corrected chi connectivity index (χ0v) is 11.3. The normalized spacial score (nSPS) is 10.9. The number of aliphatic hydroxyl groups is 1. The largest absolute Gasteiger partial charge is 0.392 e. The molecule has 0 aliphatic heterocycles. The summed E-state index contributed by atoms with van der Waals surface area (Å²) in [5.41, 5.74) is 2.49. The first-order chi connectivity index (χ1) is 10.2. The van der Waals surface area contributed by atoms with Crippen molar-refractivity contribution >= 4 is 16.6 Å². The Morgan fingerprint density at radius 1 is 1.05 bits per heavy atom. The van der Waals surface area contributed by atoms with E-state index in [0.29, 0.717) is 12.1 Å². The van der Waals surface area contributed by atoms with E-state index in [9.17, 15) is 15.2 Å². The van der Waals surface area contributed by atoms with Gasteiger partial charge in [-0.25, -0.2) is 0 Å². The van der Waals surface area contributed by atoms with Crippen LogP contribution in [0.25, 0.3) is 10.9 Å². The quantitative estimate of drug-likeness (QED) is 0.590. The van der Waals surface area contributed by atoms with Gasteiger partial charge in [0.25, 0.3) is 5.69 Å². The van der Waals surface area contributed by atoms with Crippen LogP contribution in [-0.2, 0) is 13.2 Å². The maximum atomic E-state index is 11.1. The van der Waals surface area contributed by atoms with E-state index in [0.717, 1.165) is 16.5 Å². The number of aliphatic hydroxyl groups excluding tert-OH is 1. The van der Waals surface area contributed by atoms with Gasteiger partial charge >= 0.3 is 0 Å². The summed E-state index contributed by atoms with van der Waals surface area (Å²) in [4.78, 5) is 10.7. The molecule has 0 atom stereocenters. The van der Waals surface area contributed by atoms with Crippen molar-refractivity contribution in [3.63, 3.8) is 0 Å². The summed E-state index contributed by atoms with van der Waals surface area (Å²) in [6.45, 7) is 0.343. The van der Waals surface area contributed by atoms with Crippen LogP contribution in [0.5, 0.6) is 0 Å². The molecular formula is C16H14N2O3. The Hall–Kier alpha value is -2.66. The van der Waals surface area contributed by atoms with Gasteiger partial charge in [0.15, 0.2) is 0 Å². The summed E-state index contributed by atoms with van der Waals surface area (Å²) in [5.74, 6) is 0. The van der Waals surface area contributed by atoms with Crippen molar-refractivity contribution in [1.29, 1.82) is 0 Å². The first-order valence-electron chi connectivity index (χ1n) is 6.60. The van der Waals surface area contributed by atoms with Gasteiger partial charge in [-0.2, -0.15) is 0 Å². The molecule has 5 nitrogen and oxygen atoms in total. The molecule has 1 N–H and O–H groups in total. The number of nitro benzene ring substituents is 1. The second-order valence-electron chi connectivity index (χ2n) is 4.84. The molecule has 0 saturated heterocycles. The number of benzene rings is 2. The number of fused-ring (bicyclic) bond motifs is 1. The predicted molar refractivity (Wildman–Crippen MR) is 80.1 cm³/mol.